The van der Waals surface area contributed by atoms with E-state index in [-0.39, 0.29) is 12.5 Å². The zero-order chi connectivity index (χ0) is 14.3. The number of hydrogen-bond donors (Lipinski definition) is 1. The Hall–Kier alpha value is -0.860. The van der Waals surface area contributed by atoms with Gasteiger partial charge in [-0.2, -0.15) is 13.2 Å². The molecule has 0 bridgehead atoms. The fourth-order valence-corrected chi connectivity index (χ4v) is 1.90. The molecule has 0 radical (unpaired) electrons. The van der Waals surface area contributed by atoms with Crippen LogP contribution >= 0.6 is 0 Å². The fourth-order valence-electron chi connectivity index (χ4n) is 1.90. The second-order valence-corrected chi connectivity index (χ2v) is 4.40. The van der Waals surface area contributed by atoms with Gasteiger partial charge in [-0.15, -0.1) is 0 Å². The molecule has 1 amide bonds. The number of aliphatic hydroxyl groups excluding tert-OH is 1. The van der Waals surface area contributed by atoms with Gasteiger partial charge in [0.05, 0.1) is 0 Å². The Morgan fingerprint density at radius 2 is 1.84 bits per heavy atom. The number of alkyl halides is 3. The molecule has 0 aromatic carbocycles. The maximum atomic E-state index is 11.8. The SMILES string of the molecule is O=C(CO)N1CCN(CCCOCC(F)(F)F)CC1. The van der Waals surface area contributed by atoms with E-state index in [2.05, 4.69) is 9.64 Å². The number of amides is 1. The van der Waals surface area contributed by atoms with Gasteiger partial charge in [-0.05, 0) is 6.42 Å². The second kappa shape index (κ2) is 7.66. The van der Waals surface area contributed by atoms with Crippen LogP contribution in [-0.2, 0) is 9.53 Å². The van der Waals surface area contributed by atoms with Gasteiger partial charge in [0.15, 0.2) is 0 Å². The molecule has 0 aliphatic carbocycles. The number of carbonyl (C=O) groups is 1. The zero-order valence-electron chi connectivity index (χ0n) is 10.7. The number of hydrogen-bond acceptors (Lipinski definition) is 4. The molecule has 1 saturated heterocycles. The molecule has 1 fully saturated rings. The molecular weight excluding hydrogens is 265 g/mol. The van der Waals surface area contributed by atoms with Crippen LogP contribution in [0, 0.1) is 0 Å². The van der Waals surface area contributed by atoms with E-state index in [1.54, 1.807) is 4.90 Å². The van der Waals surface area contributed by atoms with Gasteiger partial charge in [0, 0.05) is 39.3 Å². The normalized spacial score (nSPS) is 17.8. The van der Waals surface area contributed by atoms with Crippen LogP contribution in [0.3, 0.4) is 0 Å². The molecule has 5 nitrogen and oxygen atoms in total. The molecule has 0 aromatic rings. The lowest BCUT2D eigenvalue weighted by molar-refractivity contribution is -0.174. The number of carbonyl (C=O) groups excluding carboxylic acids is 1. The largest absolute Gasteiger partial charge is 0.411 e. The van der Waals surface area contributed by atoms with Crippen molar-refractivity contribution in [2.24, 2.45) is 0 Å². The Labute approximate surface area is 109 Å². The van der Waals surface area contributed by atoms with Gasteiger partial charge >= 0.3 is 6.18 Å². The Balaban J connectivity index is 2.05. The van der Waals surface area contributed by atoms with E-state index in [0.29, 0.717) is 39.1 Å². The van der Waals surface area contributed by atoms with Crippen LogP contribution in [0.4, 0.5) is 13.2 Å². The molecule has 112 valence electrons. The first-order valence-electron chi connectivity index (χ1n) is 6.18. The summed E-state index contributed by atoms with van der Waals surface area (Å²) in [7, 11) is 0. The summed E-state index contributed by atoms with van der Waals surface area (Å²) in [4.78, 5) is 14.8. The van der Waals surface area contributed by atoms with E-state index < -0.39 is 19.4 Å². The van der Waals surface area contributed by atoms with E-state index in [1.165, 1.54) is 0 Å². The Kier molecular flexibility index (Phi) is 6.53. The number of ether oxygens (including phenoxy) is 1. The summed E-state index contributed by atoms with van der Waals surface area (Å²) in [6, 6.07) is 0. The Bertz CT molecular complexity index is 279. The zero-order valence-corrected chi connectivity index (χ0v) is 10.7. The lowest BCUT2D eigenvalue weighted by atomic mass is 10.3. The molecule has 1 aliphatic rings. The summed E-state index contributed by atoms with van der Waals surface area (Å²) < 4.78 is 39.9. The smallest absolute Gasteiger partial charge is 0.387 e. The van der Waals surface area contributed by atoms with Crippen molar-refractivity contribution in [1.29, 1.82) is 0 Å². The Morgan fingerprint density at radius 1 is 1.21 bits per heavy atom. The summed E-state index contributed by atoms with van der Waals surface area (Å²) in [6.07, 6.45) is -3.74. The maximum absolute atomic E-state index is 11.8. The van der Waals surface area contributed by atoms with E-state index >= 15 is 0 Å². The summed E-state index contributed by atoms with van der Waals surface area (Å²) in [6.45, 7) is 1.48. The molecule has 0 spiro atoms. The topological polar surface area (TPSA) is 53.0 Å². The van der Waals surface area contributed by atoms with Crippen LogP contribution in [0.5, 0.6) is 0 Å². The molecule has 0 atom stereocenters. The highest BCUT2D eigenvalue weighted by atomic mass is 19.4. The highest BCUT2D eigenvalue weighted by Gasteiger charge is 2.27. The van der Waals surface area contributed by atoms with Crippen molar-refractivity contribution in [3.05, 3.63) is 0 Å². The van der Waals surface area contributed by atoms with Crippen molar-refractivity contribution in [1.82, 2.24) is 9.80 Å². The van der Waals surface area contributed by atoms with Crippen LogP contribution in [0.2, 0.25) is 0 Å². The molecule has 8 heteroatoms. The molecule has 0 saturated carbocycles. The highest BCUT2D eigenvalue weighted by Crippen LogP contribution is 2.14. The molecule has 0 aromatic heterocycles. The van der Waals surface area contributed by atoms with Crippen LogP contribution in [0.25, 0.3) is 0 Å². The summed E-state index contributed by atoms with van der Waals surface area (Å²) in [5, 5.41) is 8.71. The van der Waals surface area contributed by atoms with Crippen LogP contribution < -0.4 is 0 Å². The van der Waals surface area contributed by atoms with Gasteiger partial charge in [0.2, 0.25) is 5.91 Å². The highest BCUT2D eigenvalue weighted by molar-refractivity contribution is 5.77. The first-order valence-corrected chi connectivity index (χ1v) is 6.18. The van der Waals surface area contributed by atoms with E-state index in [9.17, 15) is 18.0 Å². The third-order valence-electron chi connectivity index (χ3n) is 2.89. The van der Waals surface area contributed by atoms with Crippen molar-refractivity contribution in [3.8, 4) is 0 Å². The predicted molar refractivity (Wildman–Crippen MR) is 61.6 cm³/mol. The first kappa shape index (κ1) is 16.2. The fraction of sp³-hybridized carbons (Fsp3) is 0.909. The minimum atomic E-state index is -4.27. The van der Waals surface area contributed by atoms with Gasteiger partial charge in [-0.3, -0.25) is 9.69 Å². The van der Waals surface area contributed by atoms with E-state index in [1.807, 2.05) is 0 Å². The van der Waals surface area contributed by atoms with E-state index in [0.717, 1.165) is 0 Å². The number of nitrogens with zero attached hydrogens (tertiary/aromatic N) is 2. The van der Waals surface area contributed by atoms with Crippen LogP contribution in [0.1, 0.15) is 6.42 Å². The van der Waals surface area contributed by atoms with Crippen LogP contribution in [-0.4, -0.2) is 79.5 Å². The first-order chi connectivity index (χ1) is 8.92. The second-order valence-electron chi connectivity index (χ2n) is 4.40. The quantitative estimate of drug-likeness (QED) is 0.703. The molecule has 1 aliphatic heterocycles. The monoisotopic (exact) mass is 284 g/mol. The van der Waals surface area contributed by atoms with Gasteiger partial charge in [-0.1, -0.05) is 0 Å². The number of aliphatic hydroxyl groups is 1. The third kappa shape index (κ3) is 6.74. The molecule has 1 heterocycles. The van der Waals surface area contributed by atoms with Gasteiger partial charge in [0.25, 0.3) is 0 Å². The lowest BCUT2D eigenvalue weighted by Crippen LogP contribution is -2.49. The number of rotatable bonds is 6. The predicted octanol–water partition coefficient (Wildman–Crippen LogP) is 0.0919. The van der Waals surface area contributed by atoms with Gasteiger partial charge in [-0.25, -0.2) is 0 Å². The number of piperazine rings is 1. The molecular formula is C11H19F3N2O3. The van der Waals surface area contributed by atoms with Crippen molar-refractivity contribution in [2.75, 3.05) is 52.5 Å². The van der Waals surface area contributed by atoms with Crippen molar-refractivity contribution < 1.29 is 27.8 Å². The van der Waals surface area contributed by atoms with Crippen molar-refractivity contribution in [3.63, 3.8) is 0 Å². The van der Waals surface area contributed by atoms with Crippen molar-refractivity contribution in [2.45, 2.75) is 12.6 Å². The third-order valence-corrected chi connectivity index (χ3v) is 2.89. The molecule has 0 unspecified atom stereocenters. The van der Waals surface area contributed by atoms with Crippen LogP contribution in [0.15, 0.2) is 0 Å². The average Bonchev–Trinajstić information content (AvgIpc) is 2.37. The lowest BCUT2D eigenvalue weighted by Gasteiger charge is -2.34. The van der Waals surface area contributed by atoms with Crippen molar-refractivity contribution >= 4 is 5.91 Å². The van der Waals surface area contributed by atoms with Gasteiger partial charge in [0.1, 0.15) is 13.2 Å². The maximum Gasteiger partial charge on any atom is 0.411 e. The number of halogens is 3. The minimum absolute atomic E-state index is 0.0787. The molecule has 1 N–H and O–H groups in total. The molecule has 1 rings (SSSR count). The average molecular weight is 284 g/mol. The summed E-state index contributed by atoms with van der Waals surface area (Å²) >= 11 is 0. The molecule has 19 heavy (non-hydrogen) atoms. The van der Waals surface area contributed by atoms with E-state index in [4.69, 9.17) is 5.11 Å². The standard InChI is InChI=1S/C11H19F3N2O3/c12-11(13,14)9-19-7-1-2-15-3-5-16(6-4-15)10(18)8-17/h17H,1-9H2. The minimum Gasteiger partial charge on any atom is -0.387 e. The van der Waals surface area contributed by atoms with Gasteiger partial charge < -0.3 is 14.7 Å². The summed E-state index contributed by atoms with van der Waals surface area (Å²) in [5.41, 5.74) is 0. The summed E-state index contributed by atoms with van der Waals surface area (Å²) in [5.74, 6) is -0.284. The Morgan fingerprint density at radius 3 is 2.37 bits per heavy atom.